The molecule has 88 valence electrons. The van der Waals surface area contributed by atoms with Gasteiger partial charge in [0.05, 0.1) is 12.7 Å². The van der Waals surface area contributed by atoms with Gasteiger partial charge in [-0.05, 0) is 48.9 Å². The van der Waals surface area contributed by atoms with Crippen LogP contribution >= 0.6 is 11.8 Å². The molecule has 0 aromatic heterocycles. The Bertz CT molecular complexity index is 372. The minimum atomic E-state index is 0.222. The van der Waals surface area contributed by atoms with E-state index in [1.54, 1.807) is 11.8 Å². The van der Waals surface area contributed by atoms with Gasteiger partial charge in [-0.3, -0.25) is 0 Å². The second-order valence-corrected chi connectivity index (χ2v) is 5.10. The molecule has 0 saturated carbocycles. The summed E-state index contributed by atoms with van der Waals surface area (Å²) < 4.78 is 5.83. The molecule has 0 aliphatic carbocycles. The zero-order chi connectivity index (χ0) is 11.5. The minimum Gasteiger partial charge on any atom is -0.371 e. The van der Waals surface area contributed by atoms with E-state index >= 15 is 0 Å². The molecule has 1 atom stereocenters. The van der Waals surface area contributed by atoms with E-state index in [-0.39, 0.29) is 6.10 Å². The van der Waals surface area contributed by atoms with Crippen LogP contribution in [0.4, 0.5) is 0 Å². The first-order valence-electron chi connectivity index (χ1n) is 5.70. The lowest BCUT2D eigenvalue weighted by Gasteiger charge is -2.26. The van der Waals surface area contributed by atoms with Crippen molar-refractivity contribution in [1.29, 1.82) is 0 Å². The molecule has 1 heterocycles. The standard InChI is InChI=1S/C13H19NOS/c1-9-6-11(16-3)7-12(10(9)2)13-8-14-4-5-15-13/h6-7,13-14H,4-5,8H2,1-3H3. The van der Waals surface area contributed by atoms with Gasteiger partial charge in [0.1, 0.15) is 0 Å². The van der Waals surface area contributed by atoms with Gasteiger partial charge in [0.25, 0.3) is 0 Å². The van der Waals surface area contributed by atoms with E-state index in [2.05, 4.69) is 37.6 Å². The second-order valence-electron chi connectivity index (χ2n) is 4.22. The average Bonchev–Trinajstić information content (AvgIpc) is 2.33. The van der Waals surface area contributed by atoms with Gasteiger partial charge in [0.2, 0.25) is 0 Å². The quantitative estimate of drug-likeness (QED) is 0.799. The number of morpholine rings is 1. The van der Waals surface area contributed by atoms with Crippen LogP contribution in [0.1, 0.15) is 22.8 Å². The smallest absolute Gasteiger partial charge is 0.0952 e. The predicted octanol–water partition coefficient (Wildman–Crippen LogP) is 2.69. The molecule has 1 saturated heterocycles. The average molecular weight is 237 g/mol. The zero-order valence-electron chi connectivity index (χ0n) is 10.2. The molecular formula is C13H19NOS. The van der Waals surface area contributed by atoms with E-state index in [0.717, 1.165) is 19.7 Å². The van der Waals surface area contributed by atoms with Crippen molar-refractivity contribution in [2.24, 2.45) is 0 Å². The summed E-state index contributed by atoms with van der Waals surface area (Å²) in [6.45, 7) is 7.07. The fraction of sp³-hybridized carbons (Fsp3) is 0.538. The van der Waals surface area contributed by atoms with Gasteiger partial charge >= 0.3 is 0 Å². The molecular weight excluding hydrogens is 218 g/mol. The lowest BCUT2D eigenvalue weighted by molar-refractivity contribution is 0.0271. The molecule has 1 aliphatic rings. The van der Waals surface area contributed by atoms with E-state index in [0.29, 0.717) is 0 Å². The van der Waals surface area contributed by atoms with Gasteiger partial charge in [0.15, 0.2) is 0 Å². The molecule has 1 aromatic rings. The first-order chi connectivity index (χ1) is 7.72. The summed E-state index contributed by atoms with van der Waals surface area (Å²) in [5.41, 5.74) is 4.07. The number of hydrogen-bond donors (Lipinski definition) is 1. The van der Waals surface area contributed by atoms with Crippen molar-refractivity contribution >= 4 is 11.8 Å². The number of thioether (sulfide) groups is 1. The second kappa shape index (κ2) is 5.21. The Kier molecular flexibility index (Phi) is 3.90. The molecule has 3 heteroatoms. The highest BCUT2D eigenvalue weighted by Crippen LogP contribution is 2.29. The van der Waals surface area contributed by atoms with Gasteiger partial charge in [-0.2, -0.15) is 0 Å². The maximum absolute atomic E-state index is 5.83. The Morgan fingerprint density at radius 3 is 2.81 bits per heavy atom. The molecule has 1 N–H and O–H groups in total. The van der Waals surface area contributed by atoms with E-state index in [4.69, 9.17) is 4.74 Å². The Morgan fingerprint density at radius 2 is 2.19 bits per heavy atom. The zero-order valence-corrected chi connectivity index (χ0v) is 11.0. The fourth-order valence-corrected chi connectivity index (χ4v) is 2.61. The van der Waals surface area contributed by atoms with E-state index in [1.165, 1.54) is 21.6 Å². The van der Waals surface area contributed by atoms with Gasteiger partial charge in [-0.15, -0.1) is 11.8 Å². The first-order valence-corrected chi connectivity index (χ1v) is 6.92. The van der Waals surface area contributed by atoms with E-state index in [1.807, 2.05) is 0 Å². The highest BCUT2D eigenvalue weighted by molar-refractivity contribution is 7.98. The SMILES string of the molecule is CSc1cc(C)c(C)c(C2CNCCO2)c1. The van der Waals surface area contributed by atoms with Crippen molar-refractivity contribution in [3.8, 4) is 0 Å². The molecule has 16 heavy (non-hydrogen) atoms. The summed E-state index contributed by atoms with van der Waals surface area (Å²) in [4.78, 5) is 1.33. The topological polar surface area (TPSA) is 21.3 Å². The summed E-state index contributed by atoms with van der Waals surface area (Å²) in [6.07, 6.45) is 2.34. The lowest BCUT2D eigenvalue weighted by atomic mass is 9.98. The highest BCUT2D eigenvalue weighted by Gasteiger charge is 2.18. The van der Waals surface area contributed by atoms with Crippen molar-refractivity contribution in [2.75, 3.05) is 26.0 Å². The summed E-state index contributed by atoms with van der Waals surface area (Å²) in [6, 6.07) is 4.52. The normalized spacial score (nSPS) is 21.1. The van der Waals surface area contributed by atoms with Gasteiger partial charge in [-0.25, -0.2) is 0 Å². The van der Waals surface area contributed by atoms with Crippen LogP contribution in [0, 0.1) is 13.8 Å². The van der Waals surface area contributed by atoms with E-state index < -0.39 is 0 Å². The Hall–Kier alpha value is -0.510. The van der Waals surface area contributed by atoms with E-state index in [9.17, 15) is 0 Å². The van der Waals surface area contributed by atoms with Crippen LogP contribution in [0.25, 0.3) is 0 Å². The largest absolute Gasteiger partial charge is 0.371 e. The summed E-state index contributed by atoms with van der Waals surface area (Å²) >= 11 is 1.79. The Labute approximate surface area is 102 Å². The molecule has 2 rings (SSSR count). The van der Waals surface area contributed by atoms with Crippen LogP contribution in [0.5, 0.6) is 0 Å². The van der Waals surface area contributed by atoms with Crippen LogP contribution < -0.4 is 5.32 Å². The first kappa shape index (κ1) is 12.0. The summed E-state index contributed by atoms with van der Waals surface area (Å²) in [7, 11) is 0. The monoisotopic (exact) mass is 237 g/mol. The third-order valence-corrected chi connectivity index (χ3v) is 3.90. The van der Waals surface area contributed by atoms with Crippen LogP contribution in [-0.2, 0) is 4.74 Å². The number of hydrogen-bond acceptors (Lipinski definition) is 3. The maximum atomic E-state index is 5.83. The Balaban J connectivity index is 2.33. The third kappa shape index (κ3) is 2.42. The van der Waals surface area contributed by atoms with Gasteiger partial charge in [-0.1, -0.05) is 0 Å². The highest BCUT2D eigenvalue weighted by atomic mass is 32.2. The van der Waals surface area contributed by atoms with Crippen LogP contribution in [0.2, 0.25) is 0 Å². The number of ether oxygens (including phenoxy) is 1. The lowest BCUT2D eigenvalue weighted by Crippen LogP contribution is -2.33. The van der Waals surface area contributed by atoms with Crippen LogP contribution in [0.3, 0.4) is 0 Å². The fourth-order valence-electron chi connectivity index (χ4n) is 2.07. The summed E-state index contributed by atoms with van der Waals surface area (Å²) in [5.74, 6) is 0. The number of benzene rings is 1. The number of nitrogens with one attached hydrogen (secondary N) is 1. The maximum Gasteiger partial charge on any atom is 0.0952 e. The van der Waals surface area contributed by atoms with Gasteiger partial charge < -0.3 is 10.1 Å². The predicted molar refractivity (Wildman–Crippen MR) is 69.3 cm³/mol. The Morgan fingerprint density at radius 1 is 1.38 bits per heavy atom. The number of aryl methyl sites for hydroxylation is 1. The van der Waals surface area contributed by atoms with Crippen molar-refractivity contribution in [2.45, 2.75) is 24.8 Å². The molecule has 0 bridgehead atoms. The molecule has 0 radical (unpaired) electrons. The van der Waals surface area contributed by atoms with Crippen molar-refractivity contribution < 1.29 is 4.74 Å². The molecule has 1 aliphatic heterocycles. The number of rotatable bonds is 2. The van der Waals surface area contributed by atoms with Crippen molar-refractivity contribution in [3.05, 3.63) is 28.8 Å². The molecule has 0 spiro atoms. The van der Waals surface area contributed by atoms with Crippen LogP contribution in [0.15, 0.2) is 17.0 Å². The third-order valence-electron chi connectivity index (χ3n) is 3.19. The van der Waals surface area contributed by atoms with Crippen molar-refractivity contribution in [3.63, 3.8) is 0 Å². The van der Waals surface area contributed by atoms with Gasteiger partial charge in [0, 0.05) is 18.0 Å². The molecule has 2 nitrogen and oxygen atoms in total. The van der Waals surface area contributed by atoms with Crippen molar-refractivity contribution in [1.82, 2.24) is 5.32 Å². The summed E-state index contributed by atoms with van der Waals surface area (Å²) in [5, 5.41) is 3.39. The molecule has 1 fully saturated rings. The molecule has 1 aromatic carbocycles. The molecule has 0 amide bonds. The minimum absolute atomic E-state index is 0.222. The van der Waals surface area contributed by atoms with Crippen LogP contribution in [-0.4, -0.2) is 26.0 Å². The molecule has 1 unspecified atom stereocenters.